The van der Waals surface area contributed by atoms with E-state index in [0.29, 0.717) is 12.3 Å². The van der Waals surface area contributed by atoms with Gasteiger partial charge in [-0.25, -0.2) is 0 Å². The zero-order valence-electron chi connectivity index (χ0n) is 12.5. The molecule has 1 heterocycles. The molecule has 0 unspecified atom stereocenters. The van der Waals surface area contributed by atoms with Crippen molar-refractivity contribution in [2.75, 3.05) is 13.7 Å². The Morgan fingerprint density at radius 1 is 1.29 bits per heavy atom. The van der Waals surface area contributed by atoms with E-state index in [1.165, 1.54) is 26.2 Å². The minimum Gasteiger partial charge on any atom is -0.469 e. The molecule has 1 aromatic rings. The second-order valence-electron chi connectivity index (χ2n) is 5.45. The Hall–Kier alpha value is -1.78. The summed E-state index contributed by atoms with van der Waals surface area (Å²) in [6, 6.07) is 3.57. The number of hydrogen-bond donors (Lipinski definition) is 0. The van der Waals surface area contributed by atoms with Crippen molar-refractivity contribution in [2.45, 2.75) is 51.0 Å². The van der Waals surface area contributed by atoms with Crippen molar-refractivity contribution in [1.29, 1.82) is 0 Å². The molecule has 0 bridgehead atoms. The molecule has 5 heteroatoms. The molecule has 0 atom stereocenters. The van der Waals surface area contributed by atoms with Crippen LogP contribution in [-0.4, -0.2) is 36.5 Å². The average Bonchev–Trinajstić information content (AvgIpc) is 2.91. The summed E-state index contributed by atoms with van der Waals surface area (Å²) in [7, 11) is 1.37. The largest absolute Gasteiger partial charge is 0.469 e. The van der Waals surface area contributed by atoms with Crippen LogP contribution < -0.4 is 0 Å². The number of amides is 1. The molecule has 1 amide bonds. The molecular weight excluding hydrogens is 270 g/mol. The van der Waals surface area contributed by atoms with Gasteiger partial charge < -0.3 is 14.1 Å². The number of furan rings is 1. The highest BCUT2D eigenvalue weighted by Crippen LogP contribution is 2.24. The number of carbonyl (C=O) groups is 2. The van der Waals surface area contributed by atoms with Crippen molar-refractivity contribution < 1.29 is 18.7 Å². The van der Waals surface area contributed by atoms with E-state index in [1.807, 2.05) is 0 Å². The molecule has 0 radical (unpaired) electrons. The number of methoxy groups -OCH3 is 1. The summed E-state index contributed by atoms with van der Waals surface area (Å²) >= 11 is 0. The predicted molar refractivity (Wildman–Crippen MR) is 77.9 cm³/mol. The Labute approximate surface area is 125 Å². The lowest BCUT2D eigenvalue weighted by Gasteiger charge is -2.30. The zero-order chi connectivity index (χ0) is 15.1. The smallest absolute Gasteiger partial charge is 0.307 e. The van der Waals surface area contributed by atoms with Gasteiger partial charge in [-0.15, -0.1) is 0 Å². The van der Waals surface area contributed by atoms with Gasteiger partial charge in [0.2, 0.25) is 0 Å². The maximum Gasteiger partial charge on any atom is 0.307 e. The first kappa shape index (κ1) is 15.6. The lowest BCUT2D eigenvalue weighted by Crippen LogP contribution is -2.41. The quantitative estimate of drug-likeness (QED) is 0.618. The predicted octanol–water partition coefficient (Wildman–Crippen LogP) is 3.01. The van der Waals surface area contributed by atoms with Crippen molar-refractivity contribution in [1.82, 2.24) is 4.90 Å². The zero-order valence-corrected chi connectivity index (χ0v) is 12.5. The van der Waals surface area contributed by atoms with Crippen LogP contribution in [0.2, 0.25) is 0 Å². The maximum absolute atomic E-state index is 12.6. The molecule has 0 aromatic carbocycles. The van der Waals surface area contributed by atoms with Gasteiger partial charge in [-0.3, -0.25) is 9.59 Å². The van der Waals surface area contributed by atoms with Crippen LogP contribution in [0, 0.1) is 0 Å². The molecular formula is C16H23NO4. The molecule has 0 saturated heterocycles. The van der Waals surface area contributed by atoms with Crippen molar-refractivity contribution in [2.24, 2.45) is 0 Å². The first-order valence-electron chi connectivity index (χ1n) is 7.63. The molecule has 1 fully saturated rings. The van der Waals surface area contributed by atoms with E-state index in [0.717, 1.165) is 25.7 Å². The number of esters is 1. The van der Waals surface area contributed by atoms with Gasteiger partial charge >= 0.3 is 5.97 Å². The van der Waals surface area contributed by atoms with E-state index in [4.69, 9.17) is 4.42 Å². The minimum atomic E-state index is -0.291. The highest BCUT2D eigenvalue weighted by Gasteiger charge is 2.27. The Kier molecular flexibility index (Phi) is 5.84. The fraction of sp³-hybridized carbons (Fsp3) is 0.625. The Morgan fingerprint density at radius 3 is 2.57 bits per heavy atom. The highest BCUT2D eigenvalue weighted by molar-refractivity contribution is 5.91. The Morgan fingerprint density at radius 2 is 2.00 bits per heavy atom. The summed E-state index contributed by atoms with van der Waals surface area (Å²) in [6.07, 6.45) is 8.40. The van der Waals surface area contributed by atoms with Crippen molar-refractivity contribution >= 4 is 11.9 Å². The first-order valence-corrected chi connectivity index (χ1v) is 7.63. The molecule has 1 aliphatic rings. The normalized spacial score (nSPS) is 16.2. The summed E-state index contributed by atoms with van der Waals surface area (Å²) < 4.78 is 9.91. The van der Waals surface area contributed by atoms with E-state index in [1.54, 1.807) is 17.0 Å². The van der Waals surface area contributed by atoms with Gasteiger partial charge in [-0.1, -0.05) is 25.7 Å². The fourth-order valence-corrected chi connectivity index (χ4v) is 2.88. The number of rotatable bonds is 5. The summed E-state index contributed by atoms with van der Waals surface area (Å²) in [5.74, 6) is -0.0826. The van der Waals surface area contributed by atoms with Crippen molar-refractivity contribution in [3.05, 3.63) is 24.2 Å². The Balaban J connectivity index is 2.08. The van der Waals surface area contributed by atoms with Gasteiger partial charge in [0.15, 0.2) is 5.76 Å². The van der Waals surface area contributed by atoms with Crippen LogP contribution in [-0.2, 0) is 9.53 Å². The van der Waals surface area contributed by atoms with Gasteiger partial charge in [0.25, 0.3) is 5.91 Å². The van der Waals surface area contributed by atoms with Gasteiger partial charge in [-0.05, 0) is 25.0 Å². The van der Waals surface area contributed by atoms with E-state index in [-0.39, 0.29) is 24.3 Å². The van der Waals surface area contributed by atoms with E-state index in [2.05, 4.69) is 4.74 Å². The maximum atomic E-state index is 12.6. The molecule has 0 N–H and O–H groups in total. The van der Waals surface area contributed by atoms with Crippen molar-refractivity contribution in [3.63, 3.8) is 0 Å². The number of carbonyl (C=O) groups excluding carboxylic acids is 2. The lowest BCUT2D eigenvalue weighted by molar-refractivity contribution is -0.140. The Bertz CT molecular complexity index is 447. The molecule has 0 spiro atoms. The van der Waals surface area contributed by atoms with E-state index >= 15 is 0 Å². The summed E-state index contributed by atoms with van der Waals surface area (Å²) in [4.78, 5) is 25.8. The number of hydrogen-bond acceptors (Lipinski definition) is 4. The third kappa shape index (κ3) is 4.34. The SMILES string of the molecule is COC(=O)CCN(C(=O)c1ccco1)C1CCCCCC1. The second-order valence-corrected chi connectivity index (χ2v) is 5.45. The van der Waals surface area contributed by atoms with Crippen LogP contribution in [0.25, 0.3) is 0 Å². The van der Waals surface area contributed by atoms with Gasteiger partial charge in [0.1, 0.15) is 0 Å². The molecule has 2 rings (SSSR count). The standard InChI is InChI=1S/C16H23NO4/c1-20-15(18)10-11-17(13-7-4-2-3-5-8-13)16(19)14-9-6-12-21-14/h6,9,12-13H,2-5,7-8,10-11H2,1H3. The van der Waals surface area contributed by atoms with Gasteiger partial charge in [0.05, 0.1) is 19.8 Å². The molecule has 116 valence electrons. The van der Waals surface area contributed by atoms with Crippen molar-refractivity contribution in [3.8, 4) is 0 Å². The van der Waals surface area contributed by atoms with Gasteiger partial charge in [0, 0.05) is 12.6 Å². The monoisotopic (exact) mass is 293 g/mol. The topological polar surface area (TPSA) is 59.8 Å². The average molecular weight is 293 g/mol. The summed E-state index contributed by atoms with van der Waals surface area (Å²) in [6.45, 7) is 0.386. The third-order valence-corrected chi connectivity index (χ3v) is 4.04. The van der Waals surface area contributed by atoms with Crippen LogP contribution >= 0.6 is 0 Å². The van der Waals surface area contributed by atoms with Crippen LogP contribution in [0.4, 0.5) is 0 Å². The summed E-state index contributed by atoms with van der Waals surface area (Å²) in [5.41, 5.74) is 0. The molecule has 5 nitrogen and oxygen atoms in total. The van der Waals surface area contributed by atoms with E-state index < -0.39 is 0 Å². The highest BCUT2D eigenvalue weighted by atomic mass is 16.5. The van der Waals surface area contributed by atoms with Crippen LogP contribution in [0.5, 0.6) is 0 Å². The number of nitrogens with zero attached hydrogens (tertiary/aromatic N) is 1. The molecule has 21 heavy (non-hydrogen) atoms. The molecule has 1 aliphatic carbocycles. The molecule has 1 aromatic heterocycles. The van der Waals surface area contributed by atoms with Crippen LogP contribution in [0.1, 0.15) is 55.5 Å². The third-order valence-electron chi connectivity index (χ3n) is 4.04. The molecule has 0 aliphatic heterocycles. The van der Waals surface area contributed by atoms with E-state index in [9.17, 15) is 9.59 Å². The van der Waals surface area contributed by atoms with Crippen LogP contribution in [0.15, 0.2) is 22.8 Å². The fourth-order valence-electron chi connectivity index (χ4n) is 2.88. The summed E-state index contributed by atoms with van der Waals surface area (Å²) in [5, 5.41) is 0. The second kappa shape index (κ2) is 7.86. The lowest BCUT2D eigenvalue weighted by atomic mass is 10.1. The number of ether oxygens (including phenoxy) is 1. The van der Waals surface area contributed by atoms with Gasteiger partial charge in [-0.2, -0.15) is 0 Å². The molecule has 1 saturated carbocycles. The minimum absolute atomic E-state index is 0.129. The first-order chi connectivity index (χ1) is 10.2. The van der Waals surface area contributed by atoms with Crippen LogP contribution in [0.3, 0.4) is 0 Å².